The zero-order valence-corrected chi connectivity index (χ0v) is 15.8. The van der Waals surface area contributed by atoms with Gasteiger partial charge in [-0.1, -0.05) is 35.1 Å². The predicted molar refractivity (Wildman–Crippen MR) is 108 cm³/mol. The minimum Gasteiger partial charge on any atom is -0.457 e. The maximum atomic E-state index is 12.7. The molecule has 0 N–H and O–H groups in total. The number of aromatic nitrogens is 4. The van der Waals surface area contributed by atoms with Crippen LogP contribution >= 0.6 is 22.9 Å². The Kier molecular flexibility index (Phi) is 4.03. The lowest BCUT2D eigenvalue weighted by molar-refractivity contribution is 0.571. The summed E-state index contributed by atoms with van der Waals surface area (Å²) in [6.07, 6.45) is 5.03. The Hall–Kier alpha value is -3.29. The van der Waals surface area contributed by atoms with Crippen molar-refractivity contribution in [2.24, 2.45) is 0 Å². The molecule has 1 aromatic carbocycles. The average Bonchev–Trinajstić information content (AvgIpc) is 3.41. The quantitative estimate of drug-likeness (QED) is 0.457. The number of halogens is 1. The molecule has 6 nitrogen and oxygen atoms in total. The Morgan fingerprint density at radius 1 is 1.11 bits per heavy atom. The first-order chi connectivity index (χ1) is 13.7. The van der Waals surface area contributed by atoms with E-state index < -0.39 is 0 Å². The molecule has 4 heterocycles. The monoisotopic (exact) mass is 406 g/mol. The molecule has 0 saturated heterocycles. The van der Waals surface area contributed by atoms with Crippen molar-refractivity contribution >= 4 is 34.0 Å². The van der Waals surface area contributed by atoms with Crippen LogP contribution in [0.1, 0.15) is 5.76 Å². The van der Waals surface area contributed by atoms with Gasteiger partial charge in [0.15, 0.2) is 5.82 Å². The van der Waals surface area contributed by atoms with Gasteiger partial charge in [0.25, 0.3) is 5.56 Å². The zero-order chi connectivity index (χ0) is 19.1. The average molecular weight is 407 g/mol. The number of nitrogens with zero attached hydrogens (tertiary/aromatic N) is 4. The van der Waals surface area contributed by atoms with Crippen LogP contribution < -0.4 is 10.1 Å². The molecule has 136 valence electrons. The van der Waals surface area contributed by atoms with E-state index in [9.17, 15) is 4.79 Å². The zero-order valence-electron chi connectivity index (χ0n) is 14.2. The van der Waals surface area contributed by atoms with Crippen LogP contribution in [0.25, 0.3) is 33.7 Å². The fraction of sp³-hybridized carbons (Fsp3) is 0. The van der Waals surface area contributed by atoms with Gasteiger partial charge in [0.2, 0.25) is 4.96 Å². The summed E-state index contributed by atoms with van der Waals surface area (Å²) in [5.41, 5.74) is 1.33. The van der Waals surface area contributed by atoms with Gasteiger partial charge in [0, 0.05) is 29.6 Å². The first-order valence-electron chi connectivity index (χ1n) is 8.35. The molecule has 0 radical (unpaired) electrons. The lowest BCUT2D eigenvalue weighted by Gasteiger charge is -1.98. The van der Waals surface area contributed by atoms with Crippen LogP contribution in [0.4, 0.5) is 0 Å². The van der Waals surface area contributed by atoms with Gasteiger partial charge < -0.3 is 4.42 Å². The van der Waals surface area contributed by atoms with Gasteiger partial charge in [0.1, 0.15) is 16.1 Å². The highest BCUT2D eigenvalue weighted by atomic mass is 35.5. The Morgan fingerprint density at radius 2 is 2.00 bits per heavy atom. The van der Waals surface area contributed by atoms with Crippen LogP contribution in [0.3, 0.4) is 0 Å². The van der Waals surface area contributed by atoms with E-state index in [1.54, 1.807) is 36.7 Å². The van der Waals surface area contributed by atoms with E-state index in [-0.39, 0.29) is 5.56 Å². The second-order valence-electron chi connectivity index (χ2n) is 5.97. The molecule has 8 heteroatoms. The maximum absolute atomic E-state index is 12.7. The van der Waals surface area contributed by atoms with Crippen molar-refractivity contribution in [1.29, 1.82) is 0 Å². The van der Waals surface area contributed by atoms with Crippen molar-refractivity contribution in [2.75, 3.05) is 0 Å². The lowest BCUT2D eigenvalue weighted by Crippen LogP contribution is -2.23. The maximum Gasteiger partial charge on any atom is 0.291 e. The van der Waals surface area contributed by atoms with Crippen LogP contribution in [0, 0.1) is 0 Å². The molecule has 0 bridgehead atoms. The molecule has 5 aromatic rings. The molecule has 0 unspecified atom stereocenters. The third kappa shape index (κ3) is 2.90. The minimum absolute atomic E-state index is 0.238. The normalized spacial score (nSPS) is 12.1. The number of hydrogen-bond donors (Lipinski definition) is 0. The molecule has 0 aliphatic rings. The highest BCUT2D eigenvalue weighted by Crippen LogP contribution is 2.29. The van der Waals surface area contributed by atoms with E-state index in [1.807, 2.05) is 30.3 Å². The van der Waals surface area contributed by atoms with Crippen LogP contribution in [-0.2, 0) is 0 Å². The third-order valence-electron chi connectivity index (χ3n) is 4.14. The largest absolute Gasteiger partial charge is 0.457 e. The van der Waals surface area contributed by atoms with Crippen molar-refractivity contribution < 1.29 is 4.42 Å². The number of hydrogen-bond acceptors (Lipinski definition) is 6. The summed E-state index contributed by atoms with van der Waals surface area (Å²) < 4.78 is 7.64. The van der Waals surface area contributed by atoms with Gasteiger partial charge in [-0.05, 0) is 36.4 Å². The van der Waals surface area contributed by atoms with Gasteiger partial charge >= 0.3 is 0 Å². The molecular formula is C20H11ClN4O2S. The smallest absolute Gasteiger partial charge is 0.291 e. The molecule has 5 rings (SSSR count). The number of furan rings is 1. The summed E-state index contributed by atoms with van der Waals surface area (Å²) in [5.74, 6) is 1.67. The van der Waals surface area contributed by atoms with Gasteiger partial charge in [-0.15, -0.1) is 5.10 Å². The number of thiazole rings is 1. The van der Waals surface area contributed by atoms with Gasteiger partial charge in [0.05, 0.1) is 5.02 Å². The Morgan fingerprint density at radius 3 is 2.79 bits per heavy atom. The number of rotatable bonds is 3. The molecule has 28 heavy (non-hydrogen) atoms. The Bertz CT molecular complexity index is 1410. The molecule has 0 atom stereocenters. The van der Waals surface area contributed by atoms with Crippen molar-refractivity contribution in [1.82, 2.24) is 19.6 Å². The van der Waals surface area contributed by atoms with Crippen LogP contribution in [0.2, 0.25) is 5.02 Å². The van der Waals surface area contributed by atoms with Gasteiger partial charge in [-0.3, -0.25) is 9.78 Å². The Labute approximate surface area is 167 Å². The summed E-state index contributed by atoms with van der Waals surface area (Å²) in [6.45, 7) is 0. The molecule has 0 saturated carbocycles. The fourth-order valence-corrected chi connectivity index (χ4v) is 3.93. The molecule has 0 spiro atoms. The van der Waals surface area contributed by atoms with Crippen molar-refractivity contribution in [3.63, 3.8) is 0 Å². The summed E-state index contributed by atoms with van der Waals surface area (Å²) >= 11 is 7.47. The van der Waals surface area contributed by atoms with E-state index in [0.717, 1.165) is 11.1 Å². The topological polar surface area (TPSA) is 73.3 Å². The number of pyridine rings is 1. The third-order valence-corrected chi connectivity index (χ3v) is 5.43. The Balaban J connectivity index is 1.54. The van der Waals surface area contributed by atoms with Crippen molar-refractivity contribution in [3.05, 3.63) is 86.6 Å². The standard InChI is InChI=1S/C20H11ClN4O2S/c21-15-6-2-1-5-14(15)16-8-7-13(27-16)10-17-19(26)25-20(28-17)23-18(24-25)12-4-3-9-22-11-12/h1-11H/b17-10-. The van der Waals surface area contributed by atoms with E-state index in [4.69, 9.17) is 16.0 Å². The van der Waals surface area contributed by atoms with Crippen LogP contribution in [-0.4, -0.2) is 19.6 Å². The van der Waals surface area contributed by atoms with E-state index in [1.165, 1.54) is 15.9 Å². The minimum atomic E-state index is -0.238. The van der Waals surface area contributed by atoms with E-state index >= 15 is 0 Å². The summed E-state index contributed by atoms with van der Waals surface area (Å²) in [7, 11) is 0. The highest BCUT2D eigenvalue weighted by molar-refractivity contribution is 7.15. The second kappa shape index (κ2) is 6.70. The van der Waals surface area contributed by atoms with Crippen LogP contribution in [0.15, 0.2) is 70.1 Å². The first kappa shape index (κ1) is 16.9. The van der Waals surface area contributed by atoms with Crippen LogP contribution in [0.5, 0.6) is 0 Å². The number of benzene rings is 1. The van der Waals surface area contributed by atoms with Crippen molar-refractivity contribution in [3.8, 4) is 22.7 Å². The molecular weight excluding hydrogens is 396 g/mol. The number of fused-ring (bicyclic) bond motifs is 1. The summed E-state index contributed by atoms with van der Waals surface area (Å²) in [6, 6.07) is 14.7. The van der Waals surface area contributed by atoms with Crippen molar-refractivity contribution in [2.45, 2.75) is 0 Å². The molecule has 0 fully saturated rings. The van der Waals surface area contributed by atoms with E-state index in [2.05, 4.69) is 15.1 Å². The second-order valence-corrected chi connectivity index (χ2v) is 7.39. The lowest BCUT2D eigenvalue weighted by atomic mass is 10.2. The van der Waals surface area contributed by atoms with Gasteiger partial charge in [-0.25, -0.2) is 0 Å². The fourth-order valence-electron chi connectivity index (χ4n) is 2.82. The SMILES string of the molecule is O=c1/c(=C/c2ccc(-c3ccccc3Cl)o2)sc2nc(-c3cccnc3)nn12. The predicted octanol–water partition coefficient (Wildman–Crippen LogP) is 3.67. The summed E-state index contributed by atoms with van der Waals surface area (Å²) in [5, 5.41) is 4.91. The molecule has 0 aliphatic carbocycles. The molecule has 0 amide bonds. The highest BCUT2D eigenvalue weighted by Gasteiger charge is 2.13. The van der Waals surface area contributed by atoms with Gasteiger partial charge in [-0.2, -0.15) is 9.50 Å². The summed E-state index contributed by atoms with van der Waals surface area (Å²) in [4.78, 5) is 21.7. The molecule has 0 aliphatic heterocycles. The first-order valence-corrected chi connectivity index (χ1v) is 9.55. The van der Waals surface area contributed by atoms with E-state index in [0.29, 0.717) is 31.9 Å². The molecule has 4 aromatic heterocycles.